The Labute approximate surface area is 99.8 Å². The van der Waals surface area contributed by atoms with E-state index >= 15 is 0 Å². The molecule has 2 nitrogen and oxygen atoms in total. The number of rotatable bonds is 5. The van der Waals surface area contributed by atoms with Gasteiger partial charge in [0.15, 0.2) is 0 Å². The van der Waals surface area contributed by atoms with Gasteiger partial charge < -0.3 is 9.32 Å². The van der Waals surface area contributed by atoms with E-state index in [4.69, 9.17) is 4.42 Å². The highest BCUT2D eigenvalue weighted by Crippen LogP contribution is 2.42. The maximum absolute atomic E-state index is 5.08. The molecular weight excluding hydrogens is 254 g/mol. The van der Waals surface area contributed by atoms with Crippen LogP contribution in [0.1, 0.15) is 24.8 Å². The number of halogens is 1. The van der Waals surface area contributed by atoms with E-state index in [-0.39, 0.29) is 0 Å². The lowest BCUT2D eigenvalue weighted by atomic mass is 9.70. The average molecular weight is 272 g/mol. The molecule has 0 aromatic carbocycles. The molecule has 0 N–H and O–H groups in total. The number of hydrogen-bond donors (Lipinski definition) is 0. The van der Waals surface area contributed by atoms with Gasteiger partial charge in [0.25, 0.3) is 0 Å². The second-order valence-corrected chi connectivity index (χ2v) is 5.35. The lowest BCUT2D eigenvalue weighted by Crippen LogP contribution is -2.41. The van der Waals surface area contributed by atoms with Crippen molar-refractivity contribution < 1.29 is 4.42 Å². The van der Waals surface area contributed by atoms with Crippen molar-refractivity contribution in [3.05, 3.63) is 24.2 Å². The minimum Gasteiger partial charge on any atom is -0.472 e. The monoisotopic (exact) mass is 271 g/mol. The summed E-state index contributed by atoms with van der Waals surface area (Å²) in [6, 6.07) is 2.04. The van der Waals surface area contributed by atoms with E-state index in [2.05, 4.69) is 27.9 Å². The molecule has 0 saturated heterocycles. The van der Waals surface area contributed by atoms with E-state index in [1.165, 1.54) is 31.4 Å². The first-order valence-corrected chi connectivity index (χ1v) is 6.62. The minimum atomic E-state index is 0.540. The maximum Gasteiger partial charge on any atom is 0.0947 e. The highest BCUT2D eigenvalue weighted by Gasteiger charge is 2.36. The summed E-state index contributed by atoms with van der Waals surface area (Å²) in [6.45, 7) is 2.18. The third-order valence-electron chi connectivity index (χ3n) is 3.34. The smallest absolute Gasteiger partial charge is 0.0947 e. The van der Waals surface area contributed by atoms with Crippen molar-refractivity contribution in [3.8, 4) is 0 Å². The Bertz CT molecular complexity index is 287. The first kappa shape index (κ1) is 11.2. The Morgan fingerprint density at radius 1 is 1.53 bits per heavy atom. The minimum absolute atomic E-state index is 0.540. The molecule has 1 fully saturated rings. The van der Waals surface area contributed by atoms with Crippen LogP contribution in [0.5, 0.6) is 0 Å². The van der Waals surface area contributed by atoms with Gasteiger partial charge in [0.1, 0.15) is 0 Å². The van der Waals surface area contributed by atoms with E-state index in [0.29, 0.717) is 5.41 Å². The fraction of sp³-hybridized carbons (Fsp3) is 0.667. The first-order valence-electron chi connectivity index (χ1n) is 5.50. The molecule has 3 heteroatoms. The number of furan rings is 1. The van der Waals surface area contributed by atoms with Crippen LogP contribution in [-0.2, 0) is 6.54 Å². The lowest BCUT2D eigenvalue weighted by Gasteiger charge is -2.43. The standard InChI is InChI=1S/C12H18BrNO/c1-14(7-11-3-6-15-8-11)10-12(9-13)4-2-5-12/h3,6,8H,2,4-5,7,9-10H2,1H3. The molecule has 15 heavy (non-hydrogen) atoms. The average Bonchev–Trinajstić information content (AvgIpc) is 2.64. The summed E-state index contributed by atoms with van der Waals surface area (Å²) in [4.78, 5) is 2.39. The van der Waals surface area contributed by atoms with Crippen LogP contribution in [0.25, 0.3) is 0 Å². The lowest BCUT2D eigenvalue weighted by molar-refractivity contribution is 0.102. The number of nitrogens with zero attached hydrogens (tertiary/aromatic N) is 1. The molecule has 0 unspecified atom stereocenters. The SMILES string of the molecule is CN(Cc1ccoc1)CC1(CBr)CCC1. The summed E-state index contributed by atoms with van der Waals surface area (Å²) < 4.78 is 5.08. The van der Waals surface area contributed by atoms with E-state index in [9.17, 15) is 0 Å². The Balaban J connectivity index is 1.84. The third kappa shape index (κ3) is 2.64. The molecule has 2 rings (SSSR count). The topological polar surface area (TPSA) is 16.4 Å². The second kappa shape index (κ2) is 4.71. The molecule has 1 saturated carbocycles. The Hall–Kier alpha value is -0.280. The van der Waals surface area contributed by atoms with Gasteiger partial charge in [-0.2, -0.15) is 0 Å². The highest BCUT2D eigenvalue weighted by molar-refractivity contribution is 9.09. The van der Waals surface area contributed by atoms with Crippen molar-refractivity contribution in [1.29, 1.82) is 0 Å². The van der Waals surface area contributed by atoms with Gasteiger partial charge in [-0.05, 0) is 31.4 Å². The van der Waals surface area contributed by atoms with Gasteiger partial charge >= 0.3 is 0 Å². The second-order valence-electron chi connectivity index (χ2n) is 4.79. The summed E-state index contributed by atoms with van der Waals surface area (Å²) >= 11 is 3.64. The summed E-state index contributed by atoms with van der Waals surface area (Å²) in [6.07, 6.45) is 7.71. The van der Waals surface area contributed by atoms with Gasteiger partial charge in [0.05, 0.1) is 12.5 Å². The van der Waals surface area contributed by atoms with Crippen molar-refractivity contribution >= 4 is 15.9 Å². The quantitative estimate of drug-likeness (QED) is 0.765. The molecule has 1 aromatic heterocycles. The van der Waals surface area contributed by atoms with Crippen LogP contribution in [0.2, 0.25) is 0 Å². The molecule has 0 aliphatic heterocycles. The normalized spacial score (nSPS) is 19.1. The zero-order valence-electron chi connectivity index (χ0n) is 9.21. The van der Waals surface area contributed by atoms with Crippen LogP contribution in [0.3, 0.4) is 0 Å². The molecule has 1 heterocycles. The zero-order valence-corrected chi connectivity index (χ0v) is 10.8. The molecule has 0 amide bonds. The molecule has 1 aliphatic rings. The molecule has 1 aromatic rings. The molecule has 0 spiro atoms. The maximum atomic E-state index is 5.08. The van der Waals surface area contributed by atoms with Crippen molar-refractivity contribution in [2.24, 2.45) is 5.41 Å². The molecule has 0 atom stereocenters. The van der Waals surface area contributed by atoms with Gasteiger partial charge in [-0.1, -0.05) is 22.4 Å². The zero-order chi connectivity index (χ0) is 10.7. The summed E-state index contributed by atoms with van der Waals surface area (Å²) in [5, 5.41) is 1.13. The molecule has 84 valence electrons. The fourth-order valence-corrected chi connectivity index (χ4v) is 3.07. The van der Waals surface area contributed by atoms with Gasteiger partial charge in [-0.15, -0.1) is 0 Å². The Morgan fingerprint density at radius 3 is 2.80 bits per heavy atom. The summed E-state index contributed by atoms with van der Waals surface area (Å²) in [5.41, 5.74) is 1.81. The first-order chi connectivity index (χ1) is 7.24. The van der Waals surface area contributed by atoms with Crippen molar-refractivity contribution in [1.82, 2.24) is 4.90 Å². The third-order valence-corrected chi connectivity index (χ3v) is 4.53. The van der Waals surface area contributed by atoms with Gasteiger partial charge in [-0.25, -0.2) is 0 Å². The summed E-state index contributed by atoms with van der Waals surface area (Å²) in [5.74, 6) is 0. The van der Waals surface area contributed by atoms with E-state index in [1.807, 2.05) is 12.3 Å². The van der Waals surface area contributed by atoms with Crippen LogP contribution in [0.15, 0.2) is 23.0 Å². The van der Waals surface area contributed by atoms with Crippen molar-refractivity contribution in [3.63, 3.8) is 0 Å². The van der Waals surface area contributed by atoms with Gasteiger partial charge in [0, 0.05) is 24.0 Å². The molecule has 0 radical (unpaired) electrons. The molecule has 0 bridgehead atoms. The van der Waals surface area contributed by atoms with Crippen LogP contribution >= 0.6 is 15.9 Å². The van der Waals surface area contributed by atoms with Gasteiger partial charge in [-0.3, -0.25) is 0 Å². The largest absolute Gasteiger partial charge is 0.472 e. The predicted molar refractivity (Wildman–Crippen MR) is 65.1 cm³/mol. The predicted octanol–water partition coefficient (Wildman–Crippen LogP) is 3.28. The van der Waals surface area contributed by atoms with Crippen molar-refractivity contribution in [2.45, 2.75) is 25.8 Å². The van der Waals surface area contributed by atoms with Crippen LogP contribution < -0.4 is 0 Å². The molecule has 1 aliphatic carbocycles. The number of hydrogen-bond acceptors (Lipinski definition) is 2. The highest BCUT2D eigenvalue weighted by atomic mass is 79.9. The van der Waals surface area contributed by atoms with E-state index < -0.39 is 0 Å². The Kier molecular flexibility index (Phi) is 3.52. The molecular formula is C12H18BrNO. The fourth-order valence-electron chi connectivity index (χ4n) is 2.33. The summed E-state index contributed by atoms with van der Waals surface area (Å²) in [7, 11) is 2.19. The van der Waals surface area contributed by atoms with E-state index in [1.54, 1.807) is 6.26 Å². The van der Waals surface area contributed by atoms with Crippen LogP contribution in [0, 0.1) is 5.41 Å². The van der Waals surface area contributed by atoms with Crippen molar-refractivity contribution in [2.75, 3.05) is 18.9 Å². The van der Waals surface area contributed by atoms with E-state index in [0.717, 1.165) is 11.9 Å². The van der Waals surface area contributed by atoms with Crippen LogP contribution in [-0.4, -0.2) is 23.8 Å². The van der Waals surface area contributed by atoms with Gasteiger partial charge in [0.2, 0.25) is 0 Å². The number of alkyl halides is 1. The van der Waals surface area contributed by atoms with Crippen LogP contribution in [0.4, 0.5) is 0 Å². The Morgan fingerprint density at radius 2 is 2.33 bits per heavy atom.